The summed E-state index contributed by atoms with van der Waals surface area (Å²) in [6.07, 6.45) is 5.67. The van der Waals surface area contributed by atoms with Gasteiger partial charge in [-0.25, -0.2) is 0 Å². The zero-order valence-corrected chi connectivity index (χ0v) is 13.6. The number of aliphatic hydroxyl groups excluding tert-OH is 2. The third-order valence-electron chi connectivity index (χ3n) is 4.11. The molecular weight excluding hydrogens is 318 g/mol. The van der Waals surface area contributed by atoms with Crippen molar-refractivity contribution in [1.29, 1.82) is 0 Å². The third kappa shape index (κ3) is 3.74. The molecule has 0 bridgehead atoms. The lowest BCUT2D eigenvalue weighted by atomic mass is 9.93. The van der Waals surface area contributed by atoms with Gasteiger partial charge in [-0.3, -0.25) is 0 Å². The standard InChI is InChI=1S/C16H24BrNO2/c1-12(20)15-8-7-13(17)11-16(15)18(9-10-19)14-5-3-2-4-6-14/h7-8,11-12,14,19-20H,2-6,9-10H2,1H3. The van der Waals surface area contributed by atoms with Gasteiger partial charge in [0.2, 0.25) is 0 Å². The van der Waals surface area contributed by atoms with Crippen molar-refractivity contribution in [3.63, 3.8) is 0 Å². The van der Waals surface area contributed by atoms with Gasteiger partial charge in [-0.1, -0.05) is 41.3 Å². The molecule has 0 aromatic heterocycles. The molecule has 1 fully saturated rings. The Morgan fingerprint density at radius 1 is 1.30 bits per heavy atom. The van der Waals surface area contributed by atoms with E-state index in [9.17, 15) is 10.2 Å². The van der Waals surface area contributed by atoms with Crippen LogP contribution in [0.5, 0.6) is 0 Å². The van der Waals surface area contributed by atoms with Gasteiger partial charge in [0.25, 0.3) is 0 Å². The highest BCUT2D eigenvalue weighted by Crippen LogP contribution is 2.34. The Hall–Kier alpha value is -0.580. The second-order valence-corrected chi connectivity index (χ2v) is 6.50. The van der Waals surface area contributed by atoms with Crippen molar-refractivity contribution in [2.75, 3.05) is 18.1 Å². The normalized spacial score (nSPS) is 18.0. The lowest BCUT2D eigenvalue weighted by Gasteiger charge is -2.37. The molecule has 0 aliphatic heterocycles. The molecule has 1 aliphatic rings. The number of benzene rings is 1. The van der Waals surface area contributed by atoms with Crippen LogP contribution in [0.3, 0.4) is 0 Å². The van der Waals surface area contributed by atoms with E-state index in [1.165, 1.54) is 32.1 Å². The highest BCUT2D eigenvalue weighted by molar-refractivity contribution is 9.10. The maximum atomic E-state index is 10.0. The summed E-state index contributed by atoms with van der Waals surface area (Å²) < 4.78 is 1.01. The Bertz CT molecular complexity index is 430. The summed E-state index contributed by atoms with van der Waals surface area (Å²) in [6, 6.07) is 6.47. The maximum absolute atomic E-state index is 10.0. The van der Waals surface area contributed by atoms with Crippen molar-refractivity contribution < 1.29 is 10.2 Å². The monoisotopic (exact) mass is 341 g/mol. The van der Waals surface area contributed by atoms with Crippen LogP contribution in [0.1, 0.15) is 50.7 Å². The minimum Gasteiger partial charge on any atom is -0.395 e. The van der Waals surface area contributed by atoms with Crippen LogP contribution in [0, 0.1) is 0 Å². The van der Waals surface area contributed by atoms with Crippen molar-refractivity contribution in [3.8, 4) is 0 Å². The van der Waals surface area contributed by atoms with E-state index >= 15 is 0 Å². The van der Waals surface area contributed by atoms with Crippen LogP contribution in [0.25, 0.3) is 0 Å². The molecule has 4 heteroatoms. The van der Waals surface area contributed by atoms with Gasteiger partial charge in [-0.15, -0.1) is 0 Å². The van der Waals surface area contributed by atoms with Crippen LogP contribution in [-0.4, -0.2) is 29.4 Å². The number of halogens is 1. The summed E-state index contributed by atoms with van der Waals surface area (Å²) in [6.45, 7) is 2.56. The number of hydrogen-bond acceptors (Lipinski definition) is 3. The van der Waals surface area contributed by atoms with Crippen molar-refractivity contribution in [2.45, 2.75) is 51.2 Å². The number of hydrogen-bond donors (Lipinski definition) is 2. The Labute approximate surface area is 129 Å². The first-order chi connectivity index (χ1) is 9.63. The van der Waals surface area contributed by atoms with Crippen LogP contribution in [0.2, 0.25) is 0 Å². The SMILES string of the molecule is CC(O)c1ccc(Br)cc1N(CCO)C1CCCCC1. The smallest absolute Gasteiger partial charge is 0.0782 e. The van der Waals surface area contributed by atoms with Gasteiger partial charge in [0.15, 0.2) is 0 Å². The first-order valence-electron chi connectivity index (χ1n) is 7.48. The highest BCUT2D eigenvalue weighted by Gasteiger charge is 2.24. The lowest BCUT2D eigenvalue weighted by Crippen LogP contribution is -2.39. The molecular formula is C16H24BrNO2. The van der Waals surface area contributed by atoms with Gasteiger partial charge in [0, 0.05) is 28.3 Å². The molecule has 1 aromatic rings. The van der Waals surface area contributed by atoms with E-state index in [4.69, 9.17) is 0 Å². The van der Waals surface area contributed by atoms with E-state index in [2.05, 4.69) is 26.9 Å². The highest BCUT2D eigenvalue weighted by atomic mass is 79.9. The van der Waals surface area contributed by atoms with E-state index in [1.54, 1.807) is 6.92 Å². The molecule has 1 atom stereocenters. The van der Waals surface area contributed by atoms with Gasteiger partial charge < -0.3 is 15.1 Å². The van der Waals surface area contributed by atoms with Crippen LogP contribution < -0.4 is 4.90 Å². The third-order valence-corrected chi connectivity index (χ3v) is 4.60. The van der Waals surface area contributed by atoms with Crippen LogP contribution in [0.15, 0.2) is 22.7 Å². The first-order valence-corrected chi connectivity index (χ1v) is 8.27. The quantitative estimate of drug-likeness (QED) is 0.859. The number of aliphatic hydroxyl groups is 2. The van der Waals surface area contributed by atoms with Gasteiger partial charge in [0.1, 0.15) is 0 Å². The van der Waals surface area contributed by atoms with Crippen LogP contribution in [-0.2, 0) is 0 Å². The fraction of sp³-hybridized carbons (Fsp3) is 0.625. The topological polar surface area (TPSA) is 43.7 Å². The average molecular weight is 342 g/mol. The van der Waals surface area contributed by atoms with E-state index < -0.39 is 6.10 Å². The summed E-state index contributed by atoms with van der Waals surface area (Å²) in [5.41, 5.74) is 1.99. The molecule has 20 heavy (non-hydrogen) atoms. The Morgan fingerprint density at radius 3 is 2.60 bits per heavy atom. The summed E-state index contributed by atoms with van der Waals surface area (Å²) in [5.74, 6) is 0. The van der Waals surface area contributed by atoms with Crippen LogP contribution in [0.4, 0.5) is 5.69 Å². The molecule has 0 saturated heterocycles. The van der Waals surface area contributed by atoms with E-state index in [1.807, 2.05) is 12.1 Å². The summed E-state index contributed by atoms with van der Waals surface area (Å²) in [5, 5.41) is 19.4. The average Bonchev–Trinajstić information content (AvgIpc) is 2.45. The molecule has 1 unspecified atom stereocenters. The summed E-state index contributed by atoms with van der Waals surface area (Å²) in [4.78, 5) is 2.28. The fourth-order valence-electron chi connectivity index (χ4n) is 3.12. The Morgan fingerprint density at radius 2 is 2.00 bits per heavy atom. The number of anilines is 1. The van der Waals surface area contributed by atoms with Crippen LogP contribution >= 0.6 is 15.9 Å². The van der Waals surface area contributed by atoms with Gasteiger partial charge in [-0.2, -0.15) is 0 Å². The first kappa shape index (κ1) is 15.8. The molecule has 0 amide bonds. The van der Waals surface area contributed by atoms with Crippen molar-refractivity contribution >= 4 is 21.6 Å². The van der Waals surface area contributed by atoms with Crippen molar-refractivity contribution in [2.24, 2.45) is 0 Å². The zero-order chi connectivity index (χ0) is 14.5. The molecule has 0 heterocycles. The fourth-order valence-corrected chi connectivity index (χ4v) is 3.47. The minimum absolute atomic E-state index is 0.141. The largest absolute Gasteiger partial charge is 0.395 e. The molecule has 0 spiro atoms. The molecule has 1 saturated carbocycles. The number of rotatable bonds is 5. The Kier molecular flexibility index (Phi) is 5.87. The second kappa shape index (κ2) is 7.43. The molecule has 2 rings (SSSR count). The molecule has 0 radical (unpaired) electrons. The second-order valence-electron chi connectivity index (χ2n) is 5.59. The summed E-state index contributed by atoms with van der Waals surface area (Å²) >= 11 is 3.52. The van der Waals surface area contributed by atoms with Gasteiger partial charge in [-0.05, 0) is 31.9 Å². The zero-order valence-electron chi connectivity index (χ0n) is 12.1. The van der Waals surface area contributed by atoms with Crippen molar-refractivity contribution in [1.82, 2.24) is 0 Å². The predicted octanol–water partition coefficient (Wildman–Crippen LogP) is 3.63. The predicted molar refractivity (Wildman–Crippen MR) is 86.1 cm³/mol. The lowest BCUT2D eigenvalue weighted by molar-refractivity contribution is 0.199. The molecule has 3 nitrogen and oxygen atoms in total. The van der Waals surface area contributed by atoms with Crippen molar-refractivity contribution in [3.05, 3.63) is 28.2 Å². The maximum Gasteiger partial charge on any atom is 0.0782 e. The van der Waals surface area contributed by atoms with E-state index in [-0.39, 0.29) is 6.61 Å². The van der Waals surface area contributed by atoms with Gasteiger partial charge in [0.05, 0.1) is 12.7 Å². The molecule has 1 aromatic carbocycles. The molecule has 1 aliphatic carbocycles. The molecule has 112 valence electrons. The number of nitrogens with zero attached hydrogens (tertiary/aromatic N) is 1. The molecule has 2 N–H and O–H groups in total. The minimum atomic E-state index is -0.497. The van der Waals surface area contributed by atoms with E-state index in [0.29, 0.717) is 12.6 Å². The Balaban J connectivity index is 2.34. The van der Waals surface area contributed by atoms with Gasteiger partial charge >= 0.3 is 0 Å². The van der Waals surface area contributed by atoms with E-state index in [0.717, 1.165) is 15.7 Å². The summed E-state index contributed by atoms with van der Waals surface area (Å²) in [7, 11) is 0.